The SMILES string of the molecule is Cc1cc(F)cc(C(F)CCN)c1. The molecule has 0 aromatic heterocycles. The van der Waals surface area contributed by atoms with Crippen molar-refractivity contribution in [3.63, 3.8) is 0 Å². The van der Waals surface area contributed by atoms with Crippen LogP contribution in [0.25, 0.3) is 0 Å². The first kappa shape index (κ1) is 10.1. The van der Waals surface area contributed by atoms with Gasteiger partial charge in [0.05, 0.1) is 0 Å². The molecule has 0 saturated carbocycles. The molecule has 0 aliphatic heterocycles. The summed E-state index contributed by atoms with van der Waals surface area (Å²) in [6.45, 7) is 2.01. The van der Waals surface area contributed by atoms with E-state index in [1.807, 2.05) is 0 Å². The zero-order valence-electron chi connectivity index (χ0n) is 7.56. The molecule has 1 nitrogen and oxygen atoms in total. The van der Waals surface area contributed by atoms with Crippen LogP contribution in [0, 0.1) is 12.7 Å². The molecule has 0 heterocycles. The normalized spacial score (nSPS) is 12.9. The molecule has 1 aromatic rings. The summed E-state index contributed by atoms with van der Waals surface area (Å²) in [5.41, 5.74) is 6.32. The number of halogens is 2. The van der Waals surface area contributed by atoms with Crippen LogP contribution in [-0.2, 0) is 0 Å². The molecule has 3 heteroatoms. The van der Waals surface area contributed by atoms with Gasteiger partial charge in [0, 0.05) is 0 Å². The van der Waals surface area contributed by atoms with Crippen molar-refractivity contribution in [1.82, 2.24) is 0 Å². The summed E-state index contributed by atoms with van der Waals surface area (Å²) >= 11 is 0. The second-order valence-electron chi connectivity index (χ2n) is 3.11. The van der Waals surface area contributed by atoms with Crippen LogP contribution < -0.4 is 5.73 Å². The second-order valence-corrected chi connectivity index (χ2v) is 3.11. The first-order chi connectivity index (χ1) is 6.13. The smallest absolute Gasteiger partial charge is 0.126 e. The summed E-state index contributed by atoms with van der Waals surface area (Å²) in [6.07, 6.45) is -0.914. The largest absolute Gasteiger partial charge is 0.330 e. The minimum absolute atomic E-state index is 0.239. The van der Waals surface area contributed by atoms with Gasteiger partial charge in [-0.15, -0.1) is 0 Å². The minimum atomic E-state index is -1.15. The van der Waals surface area contributed by atoms with Crippen LogP contribution >= 0.6 is 0 Å². The molecule has 1 unspecified atom stereocenters. The Kier molecular flexibility index (Phi) is 3.37. The van der Waals surface area contributed by atoms with E-state index in [9.17, 15) is 8.78 Å². The minimum Gasteiger partial charge on any atom is -0.330 e. The first-order valence-corrected chi connectivity index (χ1v) is 4.24. The molecule has 0 aliphatic carbocycles. The summed E-state index contributed by atoms with van der Waals surface area (Å²) in [5.74, 6) is -0.394. The standard InChI is InChI=1S/C10H13F2N/c1-7-4-8(6-9(11)5-7)10(12)2-3-13/h4-6,10H,2-3,13H2,1H3. The fourth-order valence-electron chi connectivity index (χ4n) is 1.26. The monoisotopic (exact) mass is 185 g/mol. The van der Waals surface area contributed by atoms with Crippen molar-refractivity contribution in [3.8, 4) is 0 Å². The van der Waals surface area contributed by atoms with E-state index in [2.05, 4.69) is 0 Å². The van der Waals surface area contributed by atoms with Crippen LogP contribution in [0.15, 0.2) is 18.2 Å². The topological polar surface area (TPSA) is 26.0 Å². The van der Waals surface area contributed by atoms with Crippen LogP contribution in [0.2, 0.25) is 0 Å². The Labute approximate surface area is 76.6 Å². The molecular weight excluding hydrogens is 172 g/mol. The summed E-state index contributed by atoms with van der Waals surface area (Å²) in [7, 11) is 0. The zero-order valence-corrected chi connectivity index (χ0v) is 7.56. The molecule has 0 aliphatic rings. The third-order valence-corrected chi connectivity index (χ3v) is 1.85. The molecule has 2 N–H and O–H groups in total. The van der Waals surface area contributed by atoms with Gasteiger partial charge < -0.3 is 5.73 Å². The predicted molar refractivity (Wildman–Crippen MR) is 48.7 cm³/mol. The number of aryl methyl sites for hydroxylation is 1. The van der Waals surface area contributed by atoms with E-state index in [-0.39, 0.29) is 13.0 Å². The van der Waals surface area contributed by atoms with Crippen LogP contribution in [0.1, 0.15) is 23.7 Å². The van der Waals surface area contributed by atoms with Gasteiger partial charge in [-0.2, -0.15) is 0 Å². The molecule has 0 spiro atoms. The zero-order chi connectivity index (χ0) is 9.84. The lowest BCUT2D eigenvalue weighted by Crippen LogP contribution is -2.04. The van der Waals surface area contributed by atoms with Crippen molar-refractivity contribution < 1.29 is 8.78 Å². The molecule has 1 aromatic carbocycles. The Bertz CT molecular complexity index is 266. The Morgan fingerprint density at radius 2 is 2.08 bits per heavy atom. The van der Waals surface area contributed by atoms with E-state index in [4.69, 9.17) is 5.73 Å². The Balaban J connectivity index is 2.87. The highest BCUT2D eigenvalue weighted by molar-refractivity contribution is 5.25. The van der Waals surface area contributed by atoms with E-state index < -0.39 is 12.0 Å². The lowest BCUT2D eigenvalue weighted by molar-refractivity contribution is 0.326. The summed E-state index contributed by atoms with van der Waals surface area (Å²) in [5, 5.41) is 0. The van der Waals surface area contributed by atoms with Crippen molar-refractivity contribution in [3.05, 3.63) is 35.1 Å². The van der Waals surface area contributed by atoms with Crippen molar-refractivity contribution in [2.24, 2.45) is 5.73 Å². The number of rotatable bonds is 3. The number of benzene rings is 1. The van der Waals surface area contributed by atoms with Crippen molar-refractivity contribution in [2.75, 3.05) is 6.54 Å². The van der Waals surface area contributed by atoms with E-state index in [0.717, 1.165) is 5.56 Å². The average Bonchev–Trinajstić information content (AvgIpc) is 2.03. The van der Waals surface area contributed by atoms with Crippen molar-refractivity contribution in [1.29, 1.82) is 0 Å². The van der Waals surface area contributed by atoms with Crippen molar-refractivity contribution in [2.45, 2.75) is 19.5 Å². The van der Waals surface area contributed by atoms with E-state index in [1.165, 1.54) is 12.1 Å². The van der Waals surface area contributed by atoms with Crippen LogP contribution in [0.5, 0.6) is 0 Å². The maximum Gasteiger partial charge on any atom is 0.126 e. The molecular formula is C10H13F2N. The van der Waals surface area contributed by atoms with Gasteiger partial charge in [-0.25, -0.2) is 8.78 Å². The number of hydrogen-bond acceptors (Lipinski definition) is 1. The molecule has 1 rings (SSSR count). The third kappa shape index (κ3) is 2.77. The molecule has 0 saturated heterocycles. The fraction of sp³-hybridized carbons (Fsp3) is 0.400. The molecule has 1 atom stereocenters. The van der Waals surface area contributed by atoms with Gasteiger partial charge in [-0.05, 0) is 43.1 Å². The predicted octanol–water partition coefficient (Wildman–Crippen LogP) is 2.49. The highest BCUT2D eigenvalue weighted by Gasteiger charge is 2.09. The Morgan fingerprint density at radius 1 is 1.38 bits per heavy atom. The Morgan fingerprint density at radius 3 is 2.62 bits per heavy atom. The number of alkyl halides is 1. The maximum absolute atomic E-state index is 13.2. The van der Waals surface area contributed by atoms with Gasteiger partial charge in [0.15, 0.2) is 0 Å². The van der Waals surface area contributed by atoms with Crippen LogP contribution in [0.3, 0.4) is 0 Å². The van der Waals surface area contributed by atoms with Gasteiger partial charge in [0.25, 0.3) is 0 Å². The van der Waals surface area contributed by atoms with Gasteiger partial charge >= 0.3 is 0 Å². The third-order valence-electron chi connectivity index (χ3n) is 1.85. The van der Waals surface area contributed by atoms with E-state index in [1.54, 1.807) is 13.0 Å². The van der Waals surface area contributed by atoms with Gasteiger partial charge in [0.2, 0.25) is 0 Å². The highest BCUT2D eigenvalue weighted by Crippen LogP contribution is 2.22. The highest BCUT2D eigenvalue weighted by atomic mass is 19.1. The molecule has 0 radical (unpaired) electrons. The lowest BCUT2D eigenvalue weighted by atomic mass is 10.1. The summed E-state index contributed by atoms with van der Waals surface area (Å²) < 4.78 is 26.1. The van der Waals surface area contributed by atoms with Crippen LogP contribution in [-0.4, -0.2) is 6.54 Å². The van der Waals surface area contributed by atoms with Gasteiger partial charge in [-0.3, -0.25) is 0 Å². The van der Waals surface area contributed by atoms with Crippen LogP contribution in [0.4, 0.5) is 8.78 Å². The quantitative estimate of drug-likeness (QED) is 0.769. The second kappa shape index (κ2) is 4.33. The van der Waals surface area contributed by atoms with Gasteiger partial charge in [0.1, 0.15) is 12.0 Å². The maximum atomic E-state index is 13.2. The molecule has 0 fully saturated rings. The Hall–Kier alpha value is -0.960. The molecule has 0 amide bonds. The number of nitrogens with two attached hydrogens (primary N) is 1. The van der Waals surface area contributed by atoms with Crippen molar-refractivity contribution >= 4 is 0 Å². The average molecular weight is 185 g/mol. The molecule has 0 bridgehead atoms. The summed E-state index contributed by atoms with van der Waals surface area (Å²) in [6, 6.07) is 4.23. The van der Waals surface area contributed by atoms with E-state index in [0.29, 0.717) is 5.56 Å². The summed E-state index contributed by atoms with van der Waals surface area (Å²) in [4.78, 5) is 0. The molecule has 13 heavy (non-hydrogen) atoms. The van der Waals surface area contributed by atoms with Gasteiger partial charge in [-0.1, -0.05) is 6.07 Å². The number of hydrogen-bond donors (Lipinski definition) is 1. The first-order valence-electron chi connectivity index (χ1n) is 4.24. The fourth-order valence-corrected chi connectivity index (χ4v) is 1.26. The van der Waals surface area contributed by atoms with E-state index >= 15 is 0 Å². The molecule has 72 valence electrons. The lowest BCUT2D eigenvalue weighted by Gasteiger charge is -2.07.